The van der Waals surface area contributed by atoms with Crippen LogP contribution in [0.1, 0.15) is 18.9 Å². The molecular formula is C14H20N2O4S. The standard InChI is InChI=1S/C14H20N2O4S/c1-11-7-8-16(10-11)21(19,20)15-13(14(17)18)9-12-5-3-2-4-6-12/h2-6,11,13,15H,7-10H2,1H3,(H,17,18)/t11?,13-/m0/s1. The van der Waals surface area contributed by atoms with Crippen molar-refractivity contribution >= 4 is 16.2 Å². The van der Waals surface area contributed by atoms with Gasteiger partial charge < -0.3 is 5.11 Å². The van der Waals surface area contributed by atoms with Gasteiger partial charge in [0.05, 0.1) is 0 Å². The lowest BCUT2D eigenvalue weighted by molar-refractivity contribution is -0.138. The van der Waals surface area contributed by atoms with Gasteiger partial charge in [0.25, 0.3) is 10.2 Å². The van der Waals surface area contributed by atoms with E-state index in [2.05, 4.69) is 4.72 Å². The Bertz CT molecular complexity index is 588. The minimum atomic E-state index is -3.75. The van der Waals surface area contributed by atoms with Crippen molar-refractivity contribution in [2.75, 3.05) is 13.1 Å². The molecular weight excluding hydrogens is 292 g/mol. The summed E-state index contributed by atoms with van der Waals surface area (Å²) >= 11 is 0. The summed E-state index contributed by atoms with van der Waals surface area (Å²) < 4.78 is 28.1. The Hall–Kier alpha value is -1.44. The van der Waals surface area contributed by atoms with Crippen LogP contribution in [-0.4, -0.2) is 42.9 Å². The number of benzene rings is 1. The lowest BCUT2D eigenvalue weighted by atomic mass is 10.1. The van der Waals surface area contributed by atoms with Gasteiger partial charge in [-0.2, -0.15) is 17.4 Å². The van der Waals surface area contributed by atoms with E-state index in [0.29, 0.717) is 19.0 Å². The molecule has 0 radical (unpaired) electrons. The molecule has 0 spiro atoms. The molecule has 0 amide bonds. The molecule has 1 fully saturated rings. The van der Waals surface area contributed by atoms with Gasteiger partial charge in [-0.1, -0.05) is 37.3 Å². The highest BCUT2D eigenvalue weighted by molar-refractivity contribution is 7.87. The summed E-state index contributed by atoms with van der Waals surface area (Å²) in [5.74, 6) is -0.867. The van der Waals surface area contributed by atoms with E-state index < -0.39 is 22.2 Å². The van der Waals surface area contributed by atoms with Gasteiger partial charge >= 0.3 is 5.97 Å². The van der Waals surface area contributed by atoms with Crippen molar-refractivity contribution in [2.24, 2.45) is 5.92 Å². The van der Waals surface area contributed by atoms with E-state index in [9.17, 15) is 18.3 Å². The van der Waals surface area contributed by atoms with Crippen LogP contribution in [0.25, 0.3) is 0 Å². The molecule has 7 heteroatoms. The molecule has 116 valence electrons. The van der Waals surface area contributed by atoms with Gasteiger partial charge in [-0.25, -0.2) is 0 Å². The zero-order chi connectivity index (χ0) is 15.5. The van der Waals surface area contributed by atoms with Crippen molar-refractivity contribution < 1.29 is 18.3 Å². The number of hydrogen-bond donors (Lipinski definition) is 2. The second-order valence-electron chi connectivity index (χ2n) is 5.46. The number of nitrogens with zero attached hydrogens (tertiary/aromatic N) is 1. The predicted octanol–water partition coefficient (Wildman–Crippen LogP) is 0.858. The van der Waals surface area contributed by atoms with Gasteiger partial charge in [0.1, 0.15) is 6.04 Å². The first-order valence-corrected chi connectivity index (χ1v) is 8.36. The average molecular weight is 312 g/mol. The van der Waals surface area contributed by atoms with Gasteiger partial charge in [0.15, 0.2) is 0 Å². The van der Waals surface area contributed by atoms with E-state index in [0.717, 1.165) is 12.0 Å². The zero-order valence-electron chi connectivity index (χ0n) is 11.9. The third-order valence-corrected chi connectivity index (χ3v) is 5.19. The molecule has 1 aliphatic heterocycles. The van der Waals surface area contributed by atoms with E-state index in [4.69, 9.17) is 0 Å². The van der Waals surface area contributed by atoms with Gasteiger partial charge in [0.2, 0.25) is 0 Å². The van der Waals surface area contributed by atoms with Crippen LogP contribution in [-0.2, 0) is 21.4 Å². The quantitative estimate of drug-likeness (QED) is 0.815. The second kappa shape index (κ2) is 6.55. The molecule has 2 N–H and O–H groups in total. The largest absolute Gasteiger partial charge is 0.480 e. The zero-order valence-corrected chi connectivity index (χ0v) is 12.7. The van der Waals surface area contributed by atoms with E-state index in [1.54, 1.807) is 24.3 Å². The molecule has 1 heterocycles. The van der Waals surface area contributed by atoms with E-state index >= 15 is 0 Å². The molecule has 1 aliphatic rings. The number of nitrogens with one attached hydrogen (secondary N) is 1. The Morgan fingerprint density at radius 2 is 2.10 bits per heavy atom. The Labute approximate surface area is 125 Å². The van der Waals surface area contributed by atoms with Crippen LogP contribution in [0.3, 0.4) is 0 Å². The van der Waals surface area contributed by atoms with Crippen LogP contribution in [0.4, 0.5) is 0 Å². The smallest absolute Gasteiger partial charge is 0.322 e. The van der Waals surface area contributed by atoms with Crippen LogP contribution in [0, 0.1) is 5.92 Å². The molecule has 1 aromatic carbocycles. The maximum atomic E-state index is 12.2. The number of aliphatic carboxylic acids is 1. The molecule has 2 rings (SSSR count). The molecule has 2 atom stereocenters. The summed E-state index contributed by atoms with van der Waals surface area (Å²) in [5, 5.41) is 9.25. The molecule has 1 unspecified atom stereocenters. The summed E-state index contributed by atoms with van der Waals surface area (Å²) in [7, 11) is -3.75. The fraction of sp³-hybridized carbons (Fsp3) is 0.500. The first kappa shape index (κ1) is 15.9. The summed E-state index contributed by atoms with van der Waals surface area (Å²) in [4.78, 5) is 11.3. The van der Waals surface area contributed by atoms with E-state index in [1.165, 1.54) is 4.31 Å². The first-order chi connectivity index (χ1) is 9.88. The molecule has 21 heavy (non-hydrogen) atoms. The van der Waals surface area contributed by atoms with Gasteiger partial charge in [-0.05, 0) is 24.3 Å². The lowest BCUT2D eigenvalue weighted by Crippen LogP contribution is -2.48. The molecule has 0 aliphatic carbocycles. The SMILES string of the molecule is CC1CCN(S(=O)(=O)N[C@@H](Cc2ccccc2)C(=O)O)C1. The van der Waals surface area contributed by atoms with Crippen LogP contribution >= 0.6 is 0 Å². The average Bonchev–Trinajstić information content (AvgIpc) is 2.86. The van der Waals surface area contributed by atoms with Gasteiger partial charge in [0, 0.05) is 13.1 Å². The molecule has 0 bridgehead atoms. The minimum Gasteiger partial charge on any atom is -0.480 e. The molecule has 0 aromatic heterocycles. The summed E-state index contributed by atoms with van der Waals surface area (Å²) in [6.45, 7) is 2.86. The van der Waals surface area contributed by atoms with Crippen molar-refractivity contribution in [3.63, 3.8) is 0 Å². The second-order valence-corrected chi connectivity index (χ2v) is 7.16. The molecule has 6 nitrogen and oxygen atoms in total. The van der Waals surface area contributed by atoms with Crippen LogP contribution in [0.15, 0.2) is 30.3 Å². The Morgan fingerprint density at radius 1 is 1.43 bits per heavy atom. The van der Waals surface area contributed by atoms with E-state index in [1.807, 2.05) is 13.0 Å². The Morgan fingerprint density at radius 3 is 2.62 bits per heavy atom. The van der Waals surface area contributed by atoms with Crippen molar-refractivity contribution in [3.8, 4) is 0 Å². The van der Waals surface area contributed by atoms with Crippen molar-refractivity contribution in [2.45, 2.75) is 25.8 Å². The van der Waals surface area contributed by atoms with Crippen molar-refractivity contribution in [1.29, 1.82) is 0 Å². The predicted molar refractivity (Wildman–Crippen MR) is 79.0 cm³/mol. The normalized spacial score (nSPS) is 21.3. The monoisotopic (exact) mass is 312 g/mol. The van der Waals surface area contributed by atoms with Crippen LogP contribution in [0.5, 0.6) is 0 Å². The number of carboxylic acid groups (broad SMARTS) is 1. The third kappa shape index (κ3) is 4.26. The summed E-state index contributed by atoms with van der Waals surface area (Å²) in [5.41, 5.74) is 0.780. The lowest BCUT2D eigenvalue weighted by Gasteiger charge is -2.20. The number of carbonyl (C=O) groups is 1. The van der Waals surface area contributed by atoms with Crippen LogP contribution < -0.4 is 4.72 Å². The number of hydrogen-bond acceptors (Lipinski definition) is 3. The van der Waals surface area contributed by atoms with Crippen LogP contribution in [0.2, 0.25) is 0 Å². The Kier molecular flexibility index (Phi) is 4.97. The van der Waals surface area contributed by atoms with Crippen molar-refractivity contribution in [3.05, 3.63) is 35.9 Å². The van der Waals surface area contributed by atoms with Crippen molar-refractivity contribution in [1.82, 2.24) is 9.03 Å². The molecule has 0 saturated carbocycles. The Balaban J connectivity index is 2.07. The highest BCUT2D eigenvalue weighted by atomic mass is 32.2. The number of carboxylic acids is 1. The third-order valence-electron chi connectivity index (χ3n) is 3.60. The summed E-state index contributed by atoms with van der Waals surface area (Å²) in [6, 6.07) is 7.82. The molecule has 1 saturated heterocycles. The van der Waals surface area contributed by atoms with Gasteiger partial charge in [-0.3, -0.25) is 4.79 Å². The maximum Gasteiger partial charge on any atom is 0.322 e. The summed E-state index contributed by atoms with van der Waals surface area (Å²) in [6.07, 6.45) is 0.927. The fourth-order valence-corrected chi connectivity index (χ4v) is 3.89. The highest BCUT2D eigenvalue weighted by Gasteiger charge is 2.32. The molecule has 1 aromatic rings. The fourth-order valence-electron chi connectivity index (χ4n) is 2.40. The highest BCUT2D eigenvalue weighted by Crippen LogP contribution is 2.18. The van der Waals surface area contributed by atoms with Gasteiger partial charge in [-0.15, -0.1) is 0 Å². The topological polar surface area (TPSA) is 86.7 Å². The minimum absolute atomic E-state index is 0.124. The first-order valence-electron chi connectivity index (χ1n) is 6.92. The number of rotatable bonds is 6. The van der Waals surface area contributed by atoms with E-state index in [-0.39, 0.29) is 6.42 Å². The maximum absolute atomic E-state index is 12.2.